The van der Waals surface area contributed by atoms with Gasteiger partial charge in [-0.3, -0.25) is 0 Å². The Morgan fingerprint density at radius 3 is 2.75 bits per heavy atom. The molecule has 0 unspecified atom stereocenters. The van der Waals surface area contributed by atoms with Crippen molar-refractivity contribution in [3.63, 3.8) is 0 Å². The zero-order valence-corrected chi connectivity index (χ0v) is 11.1. The molecular weight excluding hydrogens is 216 g/mol. The largest absolute Gasteiger partial charge is 0.315 e. The number of rotatable bonds is 6. The van der Waals surface area contributed by atoms with Crippen molar-refractivity contribution >= 4 is 11.3 Å². The number of nitrogens with one attached hydrogen (secondary N) is 1. The van der Waals surface area contributed by atoms with E-state index in [2.05, 4.69) is 41.8 Å². The summed E-state index contributed by atoms with van der Waals surface area (Å²) in [6.07, 6.45) is 5.27. The molecule has 1 heterocycles. The topological polar surface area (TPSA) is 15.3 Å². The standard InChI is InChI=1S/C13H22N2S/c1-15(2)13(7-4-8-13)11-14-9-6-12-5-3-10-16-12/h3,5,10,14H,4,6-9,11H2,1-2H3. The van der Waals surface area contributed by atoms with E-state index in [4.69, 9.17) is 0 Å². The highest BCUT2D eigenvalue weighted by Crippen LogP contribution is 2.35. The molecule has 90 valence electrons. The first-order valence-electron chi connectivity index (χ1n) is 6.13. The van der Waals surface area contributed by atoms with Gasteiger partial charge in [-0.25, -0.2) is 0 Å². The molecule has 2 nitrogen and oxygen atoms in total. The number of nitrogens with zero attached hydrogens (tertiary/aromatic N) is 1. The minimum atomic E-state index is 0.454. The van der Waals surface area contributed by atoms with E-state index in [1.165, 1.54) is 30.6 Å². The molecule has 1 aromatic rings. The van der Waals surface area contributed by atoms with E-state index < -0.39 is 0 Å². The first-order chi connectivity index (χ1) is 7.73. The fraction of sp³-hybridized carbons (Fsp3) is 0.692. The van der Waals surface area contributed by atoms with Crippen molar-refractivity contribution in [3.05, 3.63) is 22.4 Å². The Balaban J connectivity index is 1.67. The number of hydrogen-bond donors (Lipinski definition) is 1. The predicted molar refractivity (Wildman–Crippen MR) is 71.2 cm³/mol. The molecular formula is C13H22N2S. The quantitative estimate of drug-likeness (QED) is 0.765. The first kappa shape index (κ1) is 12.1. The average Bonchev–Trinajstić information content (AvgIpc) is 2.67. The summed E-state index contributed by atoms with van der Waals surface area (Å²) in [5.41, 5.74) is 0.454. The third-order valence-corrected chi connectivity index (χ3v) is 4.75. The van der Waals surface area contributed by atoms with Gasteiger partial charge in [0.05, 0.1) is 0 Å². The lowest BCUT2D eigenvalue weighted by molar-refractivity contribution is 0.0604. The van der Waals surface area contributed by atoms with Gasteiger partial charge in [-0.2, -0.15) is 0 Å². The summed E-state index contributed by atoms with van der Waals surface area (Å²) in [4.78, 5) is 3.88. The van der Waals surface area contributed by atoms with Crippen molar-refractivity contribution in [2.75, 3.05) is 27.2 Å². The van der Waals surface area contributed by atoms with Gasteiger partial charge in [0.1, 0.15) is 0 Å². The van der Waals surface area contributed by atoms with Crippen molar-refractivity contribution in [1.29, 1.82) is 0 Å². The summed E-state index contributed by atoms with van der Waals surface area (Å²) < 4.78 is 0. The van der Waals surface area contributed by atoms with E-state index in [0.717, 1.165) is 13.1 Å². The van der Waals surface area contributed by atoms with Gasteiger partial charge in [-0.05, 0) is 51.2 Å². The van der Waals surface area contributed by atoms with E-state index >= 15 is 0 Å². The highest BCUT2D eigenvalue weighted by atomic mass is 32.1. The Hall–Kier alpha value is -0.380. The second-order valence-corrected chi connectivity index (χ2v) is 6.01. The molecule has 1 saturated carbocycles. The van der Waals surface area contributed by atoms with Crippen molar-refractivity contribution in [2.45, 2.75) is 31.2 Å². The van der Waals surface area contributed by atoms with Crippen LogP contribution in [0.5, 0.6) is 0 Å². The van der Waals surface area contributed by atoms with Gasteiger partial charge >= 0.3 is 0 Å². The van der Waals surface area contributed by atoms with Gasteiger partial charge in [0.25, 0.3) is 0 Å². The van der Waals surface area contributed by atoms with E-state index in [-0.39, 0.29) is 0 Å². The molecule has 0 aromatic carbocycles. The van der Waals surface area contributed by atoms with Crippen LogP contribution in [0.3, 0.4) is 0 Å². The summed E-state index contributed by atoms with van der Waals surface area (Å²) in [7, 11) is 4.42. The molecule has 0 aliphatic heterocycles. The van der Waals surface area contributed by atoms with Gasteiger partial charge in [0.15, 0.2) is 0 Å². The van der Waals surface area contributed by atoms with Crippen LogP contribution >= 0.6 is 11.3 Å². The third-order valence-electron chi connectivity index (χ3n) is 3.82. The molecule has 0 saturated heterocycles. The lowest BCUT2D eigenvalue weighted by Crippen LogP contribution is -2.56. The average molecular weight is 238 g/mol. The molecule has 1 N–H and O–H groups in total. The van der Waals surface area contributed by atoms with Crippen LogP contribution in [0.4, 0.5) is 0 Å². The lowest BCUT2D eigenvalue weighted by Gasteiger charge is -2.47. The fourth-order valence-corrected chi connectivity index (χ4v) is 3.06. The summed E-state index contributed by atoms with van der Waals surface area (Å²) >= 11 is 1.86. The second-order valence-electron chi connectivity index (χ2n) is 4.98. The van der Waals surface area contributed by atoms with Gasteiger partial charge in [-0.15, -0.1) is 11.3 Å². The van der Waals surface area contributed by atoms with Gasteiger partial charge in [0, 0.05) is 23.5 Å². The normalized spacial score (nSPS) is 18.7. The summed E-state index contributed by atoms with van der Waals surface area (Å²) in [6, 6.07) is 4.35. The molecule has 0 radical (unpaired) electrons. The van der Waals surface area contributed by atoms with Crippen LogP contribution in [-0.4, -0.2) is 37.6 Å². The Kier molecular flexibility index (Phi) is 4.00. The Labute approximate surface area is 103 Å². The van der Waals surface area contributed by atoms with E-state index in [0.29, 0.717) is 5.54 Å². The van der Waals surface area contributed by atoms with Gasteiger partial charge in [-0.1, -0.05) is 6.07 Å². The van der Waals surface area contributed by atoms with E-state index in [1.54, 1.807) is 0 Å². The second kappa shape index (κ2) is 5.30. The van der Waals surface area contributed by atoms with Crippen LogP contribution in [0.2, 0.25) is 0 Å². The van der Waals surface area contributed by atoms with E-state index in [1.807, 2.05) is 11.3 Å². The molecule has 16 heavy (non-hydrogen) atoms. The zero-order valence-electron chi connectivity index (χ0n) is 10.3. The van der Waals surface area contributed by atoms with Crippen LogP contribution in [0, 0.1) is 0 Å². The van der Waals surface area contributed by atoms with Crippen LogP contribution < -0.4 is 5.32 Å². The molecule has 2 rings (SSSR count). The van der Waals surface area contributed by atoms with Crippen molar-refractivity contribution < 1.29 is 0 Å². The third kappa shape index (κ3) is 2.65. The molecule has 1 aliphatic rings. The van der Waals surface area contributed by atoms with Gasteiger partial charge < -0.3 is 10.2 Å². The van der Waals surface area contributed by atoms with Crippen LogP contribution in [0.1, 0.15) is 24.1 Å². The molecule has 0 amide bonds. The van der Waals surface area contributed by atoms with Crippen LogP contribution in [0.15, 0.2) is 17.5 Å². The maximum Gasteiger partial charge on any atom is 0.0327 e. The maximum absolute atomic E-state index is 3.61. The summed E-state index contributed by atoms with van der Waals surface area (Å²) in [5.74, 6) is 0. The number of hydrogen-bond acceptors (Lipinski definition) is 3. The Bertz CT molecular complexity index is 302. The van der Waals surface area contributed by atoms with Gasteiger partial charge in [0.2, 0.25) is 0 Å². The zero-order chi connectivity index (χ0) is 11.4. The summed E-state index contributed by atoms with van der Waals surface area (Å²) in [5, 5.41) is 5.77. The monoisotopic (exact) mass is 238 g/mol. The highest BCUT2D eigenvalue weighted by molar-refractivity contribution is 7.09. The fourth-order valence-electron chi connectivity index (χ4n) is 2.35. The maximum atomic E-state index is 3.61. The minimum Gasteiger partial charge on any atom is -0.315 e. The molecule has 0 spiro atoms. The molecule has 1 aromatic heterocycles. The molecule has 1 fully saturated rings. The number of likely N-dealkylation sites (N-methyl/N-ethyl adjacent to an activating group) is 1. The Morgan fingerprint density at radius 1 is 1.44 bits per heavy atom. The molecule has 0 atom stereocenters. The predicted octanol–water partition coefficient (Wildman–Crippen LogP) is 2.36. The smallest absolute Gasteiger partial charge is 0.0327 e. The SMILES string of the molecule is CN(C)C1(CNCCc2cccs2)CCC1. The number of thiophene rings is 1. The van der Waals surface area contributed by atoms with E-state index in [9.17, 15) is 0 Å². The van der Waals surface area contributed by atoms with Crippen LogP contribution in [-0.2, 0) is 6.42 Å². The highest BCUT2D eigenvalue weighted by Gasteiger charge is 2.38. The molecule has 1 aliphatic carbocycles. The lowest BCUT2D eigenvalue weighted by atomic mass is 9.75. The van der Waals surface area contributed by atoms with Crippen molar-refractivity contribution in [3.8, 4) is 0 Å². The summed E-state index contributed by atoms with van der Waals surface area (Å²) in [6.45, 7) is 2.25. The minimum absolute atomic E-state index is 0.454. The van der Waals surface area contributed by atoms with Crippen molar-refractivity contribution in [1.82, 2.24) is 10.2 Å². The molecule has 0 bridgehead atoms. The Morgan fingerprint density at radius 2 is 2.25 bits per heavy atom. The molecule has 3 heteroatoms. The van der Waals surface area contributed by atoms with Crippen LogP contribution in [0.25, 0.3) is 0 Å². The first-order valence-corrected chi connectivity index (χ1v) is 7.01. The van der Waals surface area contributed by atoms with Crippen molar-refractivity contribution in [2.24, 2.45) is 0 Å².